The minimum absolute atomic E-state index is 0.0447. The summed E-state index contributed by atoms with van der Waals surface area (Å²) in [5, 5.41) is 19.9. The highest BCUT2D eigenvalue weighted by Gasteiger charge is 2.27. The summed E-state index contributed by atoms with van der Waals surface area (Å²) in [6.07, 6.45) is 5.98. The predicted octanol–water partition coefficient (Wildman–Crippen LogP) is 3.41. The highest BCUT2D eigenvalue weighted by molar-refractivity contribution is 6.45. The SMILES string of the molecule is O=C(N=c1c(Cl)cn(O)cc1Cl)C(=O)c1cn(CC2CC2)c2c(O)cccc12. The van der Waals surface area contributed by atoms with Gasteiger partial charge in [0.2, 0.25) is 0 Å². The van der Waals surface area contributed by atoms with Crippen LogP contribution in [0, 0.1) is 5.92 Å². The summed E-state index contributed by atoms with van der Waals surface area (Å²) in [4.78, 5) is 29.0. The summed E-state index contributed by atoms with van der Waals surface area (Å²) >= 11 is 11.9. The first-order valence-electron chi connectivity index (χ1n) is 8.56. The number of para-hydroxylation sites is 1. The lowest BCUT2D eigenvalue weighted by molar-refractivity contribution is -0.114. The number of phenols is 1. The van der Waals surface area contributed by atoms with Gasteiger partial charge < -0.3 is 14.9 Å². The molecule has 0 aliphatic heterocycles. The first kappa shape index (κ1) is 18.6. The third kappa shape index (κ3) is 3.39. The lowest BCUT2D eigenvalue weighted by Crippen LogP contribution is -2.18. The summed E-state index contributed by atoms with van der Waals surface area (Å²) in [5.74, 6) is -1.33. The fourth-order valence-electron chi connectivity index (χ4n) is 3.12. The fraction of sp³-hybridized carbons (Fsp3) is 0.211. The number of carbonyl (C=O) groups is 2. The van der Waals surface area contributed by atoms with Gasteiger partial charge in [0.15, 0.2) is 0 Å². The van der Waals surface area contributed by atoms with Gasteiger partial charge in [-0.3, -0.25) is 9.59 Å². The summed E-state index contributed by atoms with van der Waals surface area (Å²) in [6.45, 7) is 0.666. The number of benzene rings is 1. The number of pyridine rings is 1. The number of nitrogens with zero attached hydrogens (tertiary/aromatic N) is 3. The van der Waals surface area contributed by atoms with Gasteiger partial charge in [0, 0.05) is 18.1 Å². The Morgan fingerprint density at radius 2 is 1.82 bits per heavy atom. The van der Waals surface area contributed by atoms with Crippen LogP contribution in [0.3, 0.4) is 0 Å². The van der Waals surface area contributed by atoms with E-state index in [2.05, 4.69) is 4.99 Å². The Kier molecular flexibility index (Phi) is 4.64. The molecule has 0 bridgehead atoms. The maximum atomic E-state index is 12.8. The van der Waals surface area contributed by atoms with E-state index in [1.165, 1.54) is 0 Å². The number of Topliss-reactive ketones (excluding diaryl/α,β-unsaturated/α-hetero) is 1. The van der Waals surface area contributed by atoms with Crippen molar-refractivity contribution in [1.29, 1.82) is 0 Å². The zero-order valence-electron chi connectivity index (χ0n) is 14.5. The third-order valence-electron chi connectivity index (χ3n) is 4.62. The van der Waals surface area contributed by atoms with Crippen molar-refractivity contribution in [2.45, 2.75) is 19.4 Å². The molecule has 144 valence electrons. The molecule has 1 aliphatic carbocycles. The Labute approximate surface area is 169 Å². The van der Waals surface area contributed by atoms with E-state index in [0.29, 0.717) is 28.1 Å². The lowest BCUT2D eigenvalue weighted by atomic mass is 10.1. The molecule has 0 unspecified atom stereocenters. The molecule has 1 aromatic carbocycles. The van der Waals surface area contributed by atoms with Crippen LogP contribution in [0.15, 0.2) is 41.8 Å². The molecule has 0 saturated heterocycles. The molecule has 1 fully saturated rings. The number of hydrogen-bond acceptors (Lipinski definition) is 4. The zero-order chi connectivity index (χ0) is 20.0. The number of aromatic hydroxyl groups is 1. The second-order valence-electron chi connectivity index (χ2n) is 6.74. The number of ketones is 1. The molecule has 28 heavy (non-hydrogen) atoms. The first-order chi connectivity index (χ1) is 13.3. The number of halogens is 2. The van der Waals surface area contributed by atoms with Gasteiger partial charge in [-0.2, -0.15) is 4.73 Å². The van der Waals surface area contributed by atoms with Crippen LogP contribution in [0.5, 0.6) is 5.75 Å². The normalized spacial score (nSPS) is 13.6. The van der Waals surface area contributed by atoms with Crippen LogP contribution in [0.1, 0.15) is 23.2 Å². The van der Waals surface area contributed by atoms with E-state index in [1.54, 1.807) is 29.0 Å². The van der Waals surface area contributed by atoms with Crippen molar-refractivity contribution >= 4 is 45.8 Å². The zero-order valence-corrected chi connectivity index (χ0v) is 16.0. The molecular weight excluding hydrogens is 405 g/mol. The summed E-state index contributed by atoms with van der Waals surface area (Å²) in [7, 11) is 0. The van der Waals surface area contributed by atoms with Crippen LogP contribution < -0.4 is 5.36 Å². The summed E-state index contributed by atoms with van der Waals surface area (Å²) < 4.78 is 2.43. The van der Waals surface area contributed by atoms with Crippen molar-refractivity contribution < 1.29 is 19.9 Å². The molecule has 0 spiro atoms. The number of hydrogen-bond donors (Lipinski definition) is 2. The Balaban J connectivity index is 1.78. The Morgan fingerprint density at radius 3 is 2.46 bits per heavy atom. The predicted molar refractivity (Wildman–Crippen MR) is 103 cm³/mol. The van der Waals surface area contributed by atoms with Gasteiger partial charge in [-0.05, 0) is 24.8 Å². The highest BCUT2D eigenvalue weighted by atomic mass is 35.5. The molecule has 3 aromatic rings. The van der Waals surface area contributed by atoms with Crippen LogP contribution in [0.2, 0.25) is 10.0 Å². The van der Waals surface area contributed by atoms with Crippen LogP contribution in [-0.4, -0.2) is 31.3 Å². The van der Waals surface area contributed by atoms with Crippen LogP contribution in [0.25, 0.3) is 10.9 Å². The quantitative estimate of drug-likeness (QED) is 0.384. The number of aromatic nitrogens is 2. The van der Waals surface area contributed by atoms with Gasteiger partial charge in [0.25, 0.3) is 5.78 Å². The minimum atomic E-state index is -1.05. The Bertz CT molecular complexity index is 1170. The van der Waals surface area contributed by atoms with Gasteiger partial charge in [-0.25, -0.2) is 4.99 Å². The van der Waals surface area contributed by atoms with E-state index in [4.69, 9.17) is 23.2 Å². The monoisotopic (exact) mass is 419 g/mol. The van der Waals surface area contributed by atoms with Crippen molar-refractivity contribution in [3.8, 4) is 5.75 Å². The number of rotatable bonds is 4. The van der Waals surface area contributed by atoms with Crippen molar-refractivity contribution in [1.82, 2.24) is 9.30 Å². The first-order valence-corrected chi connectivity index (χ1v) is 9.31. The van der Waals surface area contributed by atoms with E-state index >= 15 is 0 Å². The molecule has 2 N–H and O–H groups in total. The van der Waals surface area contributed by atoms with Crippen molar-refractivity contribution in [2.75, 3.05) is 0 Å². The van der Waals surface area contributed by atoms with E-state index < -0.39 is 11.7 Å². The van der Waals surface area contributed by atoms with Gasteiger partial charge in [-0.1, -0.05) is 35.3 Å². The standard InChI is InChI=1S/C19H15Cl2N3O4/c20-13-8-24(28)9-14(21)16(13)22-19(27)18(26)12-7-23(6-10-4-5-10)17-11(12)2-1-3-15(17)25/h1-3,7-10,25,28H,4-6H2. The molecule has 2 aromatic heterocycles. The average Bonchev–Trinajstić information content (AvgIpc) is 3.37. The van der Waals surface area contributed by atoms with E-state index in [-0.39, 0.29) is 26.7 Å². The Hall–Kier alpha value is -2.77. The number of amides is 1. The molecule has 7 nitrogen and oxygen atoms in total. The lowest BCUT2D eigenvalue weighted by Gasteiger charge is -2.04. The van der Waals surface area contributed by atoms with Gasteiger partial charge >= 0.3 is 5.91 Å². The Morgan fingerprint density at radius 1 is 1.14 bits per heavy atom. The second kappa shape index (κ2) is 7.00. The van der Waals surface area contributed by atoms with Gasteiger partial charge in [0.1, 0.15) is 11.1 Å². The molecule has 0 atom stereocenters. The number of carbonyl (C=O) groups excluding carboxylic acids is 2. The fourth-order valence-corrected chi connectivity index (χ4v) is 3.66. The maximum absolute atomic E-state index is 12.8. The molecule has 0 radical (unpaired) electrons. The van der Waals surface area contributed by atoms with Crippen LogP contribution >= 0.6 is 23.2 Å². The van der Waals surface area contributed by atoms with Gasteiger partial charge in [0.05, 0.1) is 33.5 Å². The smallest absolute Gasteiger partial charge is 0.318 e. The van der Waals surface area contributed by atoms with Gasteiger partial charge in [-0.15, -0.1) is 0 Å². The number of fused-ring (bicyclic) bond motifs is 1. The molecule has 2 heterocycles. The average molecular weight is 420 g/mol. The third-order valence-corrected chi connectivity index (χ3v) is 5.18. The molecule has 1 amide bonds. The molecule has 1 saturated carbocycles. The molecule has 9 heteroatoms. The largest absolute Gasteiger partial charge is 0.506 e. The van der Waals surface area contributed by atoms with Crippen molar-refractivity contribution in [3.63, 3.8) is 0 Å². The van der Waals surface area contributed by atoms with E-state index in [9.17, 15) is 19.9 Å². The maximum Gasteiger partial charge on any atom is 0.318 e. The van der Waals surface area contributed by atoms with Crippen LogP contribution in [0.4, 0.5) is 0 Å². The second-order valence-corrected chi connectivity index (χ2v) is 7.55. The van der Waals surface area contributed by atoms with Crippen LogP contribution in [-0.2, 0) is 11.3 Å². The van der Waals surface area contributed by atoms with E-state index in [0.717, 1.165) is 25.2 Å². The van der Waals surface area contributed by atoms with Crippen molar-refractivity contribution in [3.05, 3.63) is 57.8 Å². The molecule has 4 rings (SSSR count). The molecule has 1 aliphatic rings. The highest BCUT2D eigenvalue weighted by Crippen LogP contribution is 2.35. The minimum Gasteiger partial charge on any atom is -0.506 e. The van der Waals surface area contributed by atoms with E-state index in [1.807, 2.05) is 0 Å². The summed E-state index contributed by atoms with van der Waals surface area (Å²) in [5.41, 5.74) is 0.670. The van der Waals surface area contributed by atoms with Crippen molar-refractivity contribution in [2.24, 2.45) is 10.9 Å². The summed E-state index contributed by atoms with van der Waals surface area (Å²) in [6, 6.07) is 4.83. The number of phenolic OH excluding ortho intramolecular Hbond substituents is 1. The topological polar surface area (TPSA) is 96.8 Å². The molecular formula is C19H15Cl2N3O4.